The maximum atomic E-state index is 8.50. The van der Waals surface area contributed by atoms with Gasteiger partial charge in [-0.3, -0.25) is 0 Å². The van der Waals surface area contributed by atoms with Crippen LogP contribution in [0.2, 0.25) is 4.47 Å². The summed E-state index contributed by atoms with van der Waals surface area (Å²) < 4.78 is 2.72. The van der Waals surface area contributed by atoms with Gasteiger partial charge in [-0.05, 0) is 0 Å². The normalized spacial score (nSPS) is 10.9. The fraction of sp³-hybridized carbons (Fsp3) is 0.364. The van der Waals surface area contributed by atoms with E-state index in [1.54, 1.807) is 0 Å². The molecular formula is C11H15NOTe. The Morgan fingerprint density at radius 2 is 2.21 bits per heavy atom. The number of benzene rings is 1. The quantitative estimate of drug-likeness (QED) is 0.292. The van der Waals surface area contributed by atoms with E-state index in [1.807, 2.05) is 12.1 Å². The summed E-state index contributed by atoms with van der Waals surface area (Å²) in [5.41, 5.74) is 1.08. The molecule has 1 rings (SSSR count). The van der Waals surface area contributed by atoms with E-state index in [0.717, 1.165) is 5.56 Å². The molecule has 76 valence electrons. The van der Waals surface area contributed by atoms with E-state index in [2.05, 4.69) is 24.2 Å². The van der Waals surface area contributed by atoms with Gasteiger partial charge < -0.3 is 0 Å². The van der Waals surface area contributed by atoms with Crippen molar-refractivity contribution in [3.8, 4) is 0 Å². The van der Waals surface area contributed by atoms with Gasteiger partial charge >= 0.3 is 95.2 Å². The van der Waals surface area contributed by atoms with Crippen LogP contribution in [0, 0.1) is 0 Å². The molecule has 1 N–H and O–H groups in total. The van der Waals surface area contributed by atoms with Crippen molar-refractivity contribution in [2.24, 2.45) is 5.16 Å². The molecule has 0 aliphatic rings. The van der Waals surface area contributed by atoms with E-state index < -0.39 is 0 Å². The van der Waals surface area contributed by atoms with Gasteiger partial charge in [-0.15, -0.1) is 0 Å². The number of oxime groups is 1. The Morgan fingerprint density at radius 3 is 2.93 bits per heavy atom. The second-order valence-corrected chi connectivity index (χ2v) is 6.23. The number of hydrogen-bond donors (Lipinski definition) is 1. The first-order chi connectivity index (χ1) is 6.88. The van der Waals surface area contributed by atoms with Gasteiger partial charge in [0.1, 0.15) is 0 Å². The SMILES string of the molecule is CCCC[Te]c1ccccc1/C=N/O. The summed E-state index contributed by atoms with van der Waals surface area (Å²) in [6.07, 6.45) is 4.11. The first kappa shape index (κ1) is 11.6. The Labute approximate surface area is 95.1 Å². The van der Waals surface area contributed by atoms with Crippen molar-refractivity contribution in [1.82, 2.24) is 0 Å². The van der Waals surface area contributed by atoms with E-state index in [-0.39, 0.29) is 20.9 Å². The van der Waals surface area contributed by atoms with Crippen LogP contribution in [0.25, 0.3) is 0 Å². The Morgan fingerprint density at radius 1 is 1.43 bits per heavy atom. The third kappa shape index (κ3) is 3.69. The summed E-state index contributed by atoms with van der Waals surface area (Å²) in [5.74, 6) is 0. The van der Waals surface area contributed by atoms with Gasteiger partial charge in [0.2, 0.25) is 0 Å². The molecule has 0 aromatic heterocycles. The molecule has 0 aliphatic heterocycles. The van der Waals surface area contributed by atoms with E-state index in [0.29, 0.717) is 0 Å². The maximum absolute atomic E-state index is 8.50. The van der Waals surface area contributed by atoms with Crippen molar-refractivity contribution in [3.05, 3.63) is 29.8 Å². The Balaban J connectivity index is 2.64. The first-order valence-corrected chi connectivity index (χ1v) is 7.59. The van der Waals surface area contributed by atoms with Crippen LogP contribution in [0.4, 0.5) is 0 Å². The van der Waals surface area contributed by atoms with E-state index in [9.17, 15) is 0 Å². The molecule has 1 aromatic rings. The van der Waals surface area contributed by atoms with Crippen molar-refractivity contribution >= 4 is 30.7 Å². The standard InChI is InChI=1S/C11H15NOTe/c1-2-3-8-14-11-7-5-4-6-10(11)9-12-13/h4-7,9,13H,2-3,8H2,1H3/b12-9+. The summed E-state index contributed by atoms with van der Waals surface area (Å²) in [6.45, 7) is 2.22. The Hall–Kier alpha value is -0.520. The zero-order chi connectivity index (χ0) is 10.2. The molecule has 0 bridgehead atoms. The molecule has 0 aliphatic carbocycles. The van der Waals surface area contributed by atoms with Crippen LogP contribution in [0.1, 0.15) is 25.3 Å². The van der Waals surface area contributed by atoms with Crippen molar-refractivity contribution in [3.63, 3.8) is 0 Å². The van der Waals surface area contributed by atoms with Gasteiger partial charge in [0, 0.05) is 0 Å². The number of unbranched alkanes of at least 4 members (excludes halogenated alkanes) is 1. The van der Waals surface area contributed by atoms with Crippen LogP contribution in [0.5, 0.6) is 0 Å². The van der Waals surface area contributed by atoms with Gasteiger partial charge in [-0.2, -0.15) is 0 Å². The van der Waals surface area contributed by atoms with Crippen LogP contribution >= 0.6 is 0 Å². The third-order valence-electron chi connectivity index (χ3n) is 1.87. The zero-order valence-corrected chi connectivity index (χ0v) is 10.6. The van der Waals surface area contributed by atoms with Crippen LogP contribution in [0.15, 0.2) is 29.4 Å². The average Bonchev–Trinajstić information content (AvgIpc) is 2.21. The van der Waals surface area contributed by atoms with Crippen LogP contribution in [-0.2, 0) is 0 Å². The monoisotopic (exact) mass is 307 g/mol. The molecule has 0 saturated carbocycles. The van der Waals surface area contributed by atoms with Crippen LogP contribution in [0.3, 0.4) is 0 Å². The Bertz CT molecular complexity index is 299. The second-order valence-electron chi connectivity index (χ2n) is 2.98. The molecule has 1 aromatic carbocycles. The summed E-state index contributed by atoms with van der Waals surface area (Å²) in [7, 11) is 0. The van der Waals surface area contributed by atoms with Gasteiger partial charge in [0.15, 0.2) is 0 Å². The molecule has 0 unspecified atom stereocenters. The zero-order valence-electron chi connectivity index (χ0n) is 8.31. The molecule has 0 radical (unpaired) electrons. The topological polar surface area (TPSA) is 32.6 Å². The number of hydrogen-bond acceptors (Lipinski definition) is 2. The molecule has 0 amide bonds. The van der Waals surface area contributed by atoms with Crippen molar-refractivity contribution in [1.29, 1.82) is 0 Å². The molecule has 0 saturated heterocycles. The molecule has 0 heterocycles. The van der Waals surface area contributed by atoms with Gasteiger partial charge in [0.25, 0.3) is 0 Å². The van der Waals surface area contributed by atoms with Crippen molar-refractivity contribution < 1.29 is 5.21 Å². The number of nitrogens with zero attached hydrogens (tertiary/aromatic N) is 1. The van der Waals surface area contributed by atoms with Crippen LogP contribution in [-0.4, -0.2) is 32.3 Å². The summed E-state index contributed by atoms with van der Waals surface area (Å²) in [6, 6.07) is 8.19. The fourth-order valence-corrected chi connectivity index (χ4v) is 4.29. The van der Waals surface area contributed by atoms with E-state index in [1.165, 1.54) is 27.1 Å². The predicted molar refractivity (Wildman–Crippen MR) is 60.9 cm³/mol. The average molecular weight is 305 g/mol. The Kier molecular flexibility index (Phi) is 5.66. The van der Waals surface area contributed by atoms with E-state index >= 15 is 0 Å². The number of rotatable bonds is 5. The molecular weight excluding hydrogens is 290 g/mol. The second kappa shape index (κ2) is 6.86. The molecule has 0 fully saturated rings. The van der Waals surface area contributed by atoms with Gasteiger partial charge in [0.05, 0.1) is 0 Å². The fourth-order valence-electron chi connectivity index (χ4n) is 1.11. The van der Waals surface area contributed by atoms with Crippen molar-refractivity contribution in [2.45, 2.75) is 24.2 Å². The molecule has 0 atom stereocenters. The minimum atomic E-state index is -0.0947. The molecule has 0 spiro atoms. The first-order valence-electron chi connectivity index (χ1n) is 4.77. The molecule has 14 heavy (non-hydrogen) atoms. The summed E-state index contributed by atoms with van der Waals surface area (Å²) in [4.78, 5) is 0. The predicted octanol–water partition coefficient (Wildman–Crippen LogP) is 2.04. The van der Waals surface area contributed by atoms with Crippen LogP contribution < -0.4 is 3.61 Å². The summed E-state index contributed by atoms with van der Waals surface area (Å²) in [5, 5.41) is 11.6. The van der Waals surface area contributed by atoms with Gasteiger partial charge in [-0.25, -0.2) is 0 Å². The third-order valence-corrected chi connectivity index (χ3v) is 5.23. The van der Waals surface area contributed by atoms with Crippen molar-refractivity contribution in [2.75, 3.05) is 0 Å². The molecule has 3 heteroatoms. The summed E-state index contributed by atoms with van der Waals surface area (Å²) >= 11 is -0.0947. The molecule has 2 nitrogen and oxygen atoms in total. The van der Waals surface area contributed by atoms with E-state index in [4.69, 9.17) is 5.21 Å². The van der Waals surface area contributed by atoms with Gasteiger partial charge in [-0.1, -0.05) is 0 Å². The minimum absolute atomic E-state index is 0.0947.